The zero-order valence-corrected chi connectivity index (χ0v) is 11.3. The largest absolute Gasteiger partial charge is 0.397 e. The zero-order chi connectivity index (χ0) is 13.4. The maximum Gasteiger partial charge on any atom is 0.268 e. The number of carbonyl (C=O) groups is 1. The van der Waals surface area contributed by atoms with Crippen molar-refractivity contribution in [1.82, 2.24) is 9.88 Å². The summed E-state index contributed by atoms with van der Waals surface area (Å²) >= 11 is 0. The second-order valence-electron chi connectivity index (χ2n) is 5.63. The summed E-state index contributed by atoms with van der Waals surface area (Å²) in [6.45, 7) is 3.54. The van der Waals surface area contributed by atoms with Gasteiger partial charge in [0.15, 0.2) is 0 Å². The fraction of sp³-hybridized carbons (Fsp3) is 0.643. The lowest BCUT2D eigenvalue weighted by Gasteiger charge is -2.15. The van der Waals surface area contributed by atoms with Gasteiger partial charge in [0.1, 0.15) is 5.69 Å². The number of nitrogen functional groups attached to an aromatic ring is 1. The Labute approximate surface area is 113 Å². The molecule has 2 atom stereocenters. The van der Waals surface area contributed by atoms with Gasteiger partial charge in [-0.15, -0.1) is 0 Å². The molecule has 0 radical (unpaired) electrons. The van der Waals surface area contributed by atoms with E-state index >= 15 is 0 Å². The molecule has 1 aromatic heterocycles. The molecular formula is C14H21N3O2. The lowest BCUT2D eigenvalue weighted by Crippen LogP contribution is -2.33. The molecule has 0 spiro atoms. The number of carbonyl (C=O) groups excluding carboxylic acids is 1. The van der Waals surface area contributed by atoms with E-state index in [4.69, 9.17) is 10.5 Å². The van der Waals surface area contributed by atoms with Gasteiger partial charge in [0.05, 0.1) is 11.8 Å². The highest BCUT2D eigenvalue weighted by atomic mass is 16.5. The molecule has 5 nitrogen and oxygen atoms in total. The predicted molar refractivity (Wildman–Crippen MR) is 73.0 cm³/mol. The Bertz CT molecular complexity index is 479. The van der Waals surface area contributed by atoms with Crippen molar-refractivity contribution in [1.29, 1.82) is 0 Å². The Hall–Kier alpha value is -1.49. The third-order valence-electron chi connectivity index (χ3n) is 4.10. The third-order valence-corrected chi connectivity index (χ3v) is 4.10. The molecule has 1 aliphatic carbocycles. The topological polar surface area (TPSA) is 69.3 Å². The first-order valence-electron chi connectivity index (χ1n) is 7.02. The normalized spacial score (nSPS) is 26.6. The van der Waals surface area contributed by atoms with Gasteiger partial charge in [0.25, 0.3) is 5.91 Å². The predicted octanol–water partition coefficient (Wildman–Crippen LogP) is 1.56. The van der Waals surface area contributed by atoms with Crippen LogP contribution in [-0.4, -0.2) is 29.7 Å². The number of nitrogens with zero attached hydrogens (tertiary/aromatic N) is 1. The molecule has 2 fully saturated rings. The van der Waals surface area contributed by atoms with Gasteiger partial charge < -0.3 is 20.4 Å². The van der Waals surface area contributed by atoms with Crippen LogP contribution in [0.25, 0.3) is 0 Å². The van der Waals surface area contributed by atoms with Crippen LogP contribution in [0, 0.1) is 5.92 Å². The summed E-state index contributed by atoms with van der Waals surface area (Å²) in [6, 6.07) is 2.23. The van der Waals surface area contributed by atoms with Crippen LogP contribution in [0.15, 0.2) is 12.3 Å². The smallest absolute Gasteiger partial charge is 0.268 e. The number of amides is 1. The number of anilines is 1. The fourth-order valence-corrected chi connectivity index (χ4v) is 2.70. The minimum Gasteiger partial charge on any atom is -0.397 e. The first-order valence-corrected chi connectivity index (χ1v) is 7.02. The van der Waals surface area contributed by atoms with Gasteiger partial charge in [0.2, 0.25) is 0 Å². The van der Waals surface area contributed by atoms with Crippen molar-refractivity contribution in [2.24, 2.45) is 5.92 Å². The molecule has 1 aromatic rings. The molecule has 1 aliphatic heterocycles. The molecule has 5 heteroatoms. The van der Waals surface area contributed by atoms with E-state index in [-0.39, 0.29) is 12.0 Å². The molecule has 1 amide bonds. The van der Waals surface area contributed by atoms with Gasteiger partial charge in [-0.2, -0.15) is 0 Å². The third kappa shape index (κ3) is 2.61. The van der Waals surface area contributed by atoms with E-state index in [1.54, 1.807) is 6.07 Å². The Kier molecular flexibility index (Phi) is 3.22. The molecule has 2 aliphatic rings. The highest BCUT2D eigenvalue weighted by Gasteiger charge is 2.29. The van der Waals surface area contributed by atoms with Crippen LogP contribution in [0.5, 0.6) is 0 Å². The lowest BCUT2D eigenvalue weighted by atomic mass is 10.0. The van der Waals surface area contributed by atoms with E-state index in [2.05, 4.69) is 12.2 Å². The van der Waals surface area contributed by atoms with E-state index in [9.17, 15) is 4.79 Å². The van der Waals surface area contributed by atoms with Gasteiger partial charge in [-0.05, 0) is 32.3 Å². The standard InChI is InChI=1S/C14H21N3O2/c1-9-10(4-5-19-9)7-16-14(18)13-6-11(15)8-17(13)12-2-3-12/h6,8-10,12H,2-5,7,15H2,1H3,(H,16,18). The van der Waals surface area contributed by atoms with Crippen LogP contribution < -0.4 is 11.1 Å². The summed E-state index contributed by atoms with van der Waals surface area (Å²) in [7, 11) is 0. The number of nitrogens with two attached hydrogens (primary N) is 1. The van der Waals surface area contributed by atoms with Crippen molar-refractivity contribution in [2.45, 2.75) is 38.3 Å². The van der Waals surface area contributed by atoms with Crippen LogP contribution in [0.4, 0.5) is 5.69 Å². The van der Waals surface area contributed by atoms with Crippen molar-refractivity contribution in [3.05, 3.63) is 18.0 Å². The molecule has 3 rings (SSSR count). The number of nitrogens with one attached hydrogen (secondary N) is 1. The SMILES string of the molecule is CC1OCCC1CNC(=O)c1cc(N)cn1C1CC1. The number of rotatable bonds is 4. The molecule has 0 bridgehead atoms. The fourth-order valence-electron chi connectivity index (χ4n) is 2.70. The second-order valence-corrected chi connectivity index (χ2v) is 5.63. The maximum absolute atomic E-state index is 12.2. The average Bonchev–Trinajstić information content (AvgIpc) is 3.04. The van der Waals surface area contributed by atoms with Crippen LogP contribution in [0.3, 0.4) is 0 Å². The van der Waals surface area contributed by atoms with Crippen LogP contribution in [0.2, 0.25) is 0 Å². The van der Waals surface area contributed by atoms with Gasteiger partial charge in [-0.1, -0.05) is 0 Å². The number of aromatic nitrogens is 1. The summed E-state index contributed by atoms with van der Waals surface area (Å²) in [5.41, 5.74) is 7.15. The Morgan fingerprint density at radius 1 is 1.53 bits per heavy atom. The minimum atomic E-state index is -0.0253. The first kappa shape index (κ1) is 12.5. The highest BCUT2D eigenvalue weighted by Crippen LogP contribution is 2.37. The van der Waals surface area contributed by atoms with E-state index in [1.165, 1.54) is 0 Å². The Morgan fingerprint density at radius 2 is 2.32 bits per heavy atom. The summed E-state index contributed by atoms with van der Waals surface area (Å²) in [4.78, 5) is 12.2. The Morgan fingerprint density at radius 3 is 2.95 bits per heavy atom. The van der Waals surface area contributed by atoms with Crippen molar-refractivity contribution in [3.63, 3.8) is 0 Å². The molecule has 0 aromatic carbocycles. The highest BCUT2D eigenvalue weighted by molar-refractivity contribution is 5.93. The lowest BCUT2D eigenvalue weighted by molar-refractivity contribution is 0.0899. The summed E-state index contributed by atoms with van der Waals surface area (Å²) < 4.78 is 7.52. The number of hydrogen-bond donors (Lipinski definition) is 2. The van der Waals surface area contributed by atoms with Crippen molar-refractivity contribution >= 4 is 11.6 Å². The summed E-state index contributed by atoms with van der Waals surface area (Å²) in [5.74, 6) is 0.397. The van der Waals surface area contributed by atoms with E-state index in [1.807, 2.05) is 10.8 Å². The molecular weight excluding hydrogens is 242 g/mol. The minimum absolute atomic E-state index is 0.0253. The number of hydrogen-bond acceptors (Lipinski definition) is 3. The van der Waals surface area contributed by atoms with Gasteiger partial charge >= 0.3 is 0 Å². The average molecular weight is 263 g/mol. The Balaban J connectivity index is 1.63. The summed E-state index contributed by atoms with van der Waals surface area (Å²) in [6.07, 6.45) is 5.41. The molecule has 2 heterocycles. The quantitative estimate of drug-likeness (QED) is 0.866. The van der Waals surface area contributed by atoms with Crippen molar-refractivity contribution in [2.75, 3.05) is 18.9 Å². The molecule has 3 N–H and O–H groups in total. The molecule has 2 unspecified atom stereocenters. The molecule has 19 heavy (non-hydrogen) atoms. The summed E-state index contributed by atoms with van der Waals surface area (Å²) in [5, 5.41) is 3.01. The number of ether oxygens (including phenoxy) is 1. The van der Waals surface area contributed by atoms with Crippen LogP contribution in [-0.2, 0) is 4.74 Å². The first-order chi connectivity index (χ1) is 9.15. The van der Waals surface area contributed by atoms with Gasteiger partial charge in [-0.25, -0.2) is 0 Å². The molecule has 1 saturated carbocycles. The van der Waals surface area contributed by atoms with Gasteiger partial charge in [0, 0.05) is 31.3 Å². The maximum atomic E-state index is 12.2. The van der Waals surface area contributed by atoms with E-state index < -0.39 is 0 Å². The van der Waals surface area contributed by atoms with Crippen LogP contribution >= 0.6 is 0 Å². The van der Waals surface area contributed by atoms with Crippen molar-refractivity contribution < 1.29 is 9.53 Å². The zero-order valence-electron chi connectivity index (χ0n) is 11.3. The second kappa shape index (κ2) is 4.89. The monoisotopic (exact) mass is 263 g/mol. The van der Waals surface area contributed by atoms with Crippen LogP contribution in [0.1, 0.15) is 42.7 Å². The van der Waals surface area contributed by atoms with E-state index in [0.29, 0.717) is 29.9 Å². The molecule has 104 valence electrons. The van der Waals surface area contributed by atoms with Crippen molar-refractivity contribution in [3.8, 4) is 0 Å². The molecule has 1 saturated heterocycles. The van der Waals surface area contributed by atoms with Gasteiger partial charge in [-0.3, -0.25) is 4.79 Å². The van der Waals surface area contributed by atoms with E-state index in [0.717, 1.165) is 25.9 Å².